The number of halogens is 1. The van der Waals surface area contributed by atoms with Gasteiger partial charge in [-0.05, 0) is 55.5 Å². The molecule has 0 saturated heterocycles. The van der Waals surface area contributed by atoms with Crippen LogP contribution in [0, 0.1) is 6.92 Å². The highest BCUT2D eigenvalue weighted by Gasteiger charge is 2.16. The third kappa shape index (κ3) is 4.86. The molecule has 4 nitrogen and oxygen atoms in total. The van der Waals surface area contributed by atoms with E-state index in [1.54, 1.807) is 0 Å². The van der Waals surface area contributed by atoms with E-state index in [-0.39, 0.29) is 0 Å². The monoisotopic (exact) mass is 344 g/mol. The van der Waals surface area contributed by atoms with Gasteiger partial charge in [0.1, 0.15) is 0 Å². The summed E-state index contributed by atoms with van der Waals surface area (Å²) in [6.45, 7) is 13.1. The first-order valence-electron chi connectivity index (χ1n) is 7.67. The summed E-state index contributed by atoms with van der Waals surface area (Å²) < 4.78 is 3.16. The van der Waals surface area contributed by atoms with Crippen molar-refractivity contribution in [2.24, 2.45) is 7.05 Å². The summed E-state index contributed by atoms with van der Waals surface area (Å²) in [5.74, 6) is 0. The van der Waals surface area contributed by atoms with E-state index in [9.17, 15) is 0 Å². The maximum atomic E-state index is 4.48. The molecule has 0 radical (unpaired) electrons. The van der Waals surface area contributed by atoms with Gasteiger partial charge < -0.3 is 10.2 Å². The molecule has 0 aromatic carbocycles. The second-order valence-corrected chi connectivity index (χ2v) is 6.04. The van der Waals surface area contributed by atoms with Crippen molar-refractivity contribution >= 4 is 15.9 Å². The van der Waals surface area contributed by atoms with E-state index in [1.165, 1.54) is 12.1 Å². The molecule has 1 N–H and O–H groups in total. The van der Waals surface area contributed by atoms with Gasteiger partial charge >= 0.3 is 0 Å². The van der Waals surface area contributed by atoms with Crippen molar-refractivity contribution in [1.29, 1.82) is 0 Å². The number of likely N-dealkylation sites (N-methyl/N-ethyl adjacent to an activating group) is 1. The van der Waals surface area contributed by atoms with Crippen LogP contribution in [0.1, 0.15) is 38.6 Å². The van der Waals surface area contributed by atoms with Crippen molar-refractivity contribution in [3.63, 3.8) is 0 Å². The first-order valence-corrected chi connectivity index (χ1v) is 8.46. The third-order valence-corrected chi connectivity index (χ3v) is 4.91. The number of hydrogen-bond acceptors (Lipinski definition) is 3. The number of aryl methyl sites for hydroxylation is 2. The summed E-state index contributed by atoms with van der Waals surface area (Å²) in [4.78, 5) is 2.48. The van der Waals surface area contributed by atoms with Gasteiger partial charge in [0, 0.05) is 19.5 Å². The van der Waals surface area contributed by atoms with Crippen LogP contribution < -0.4 is 5.32 Å². The predicted molar refractivity (Wildman–Crippen MR) is 89.2 cm³/mol. The van der Waals surface area contributed by atoms with E-state index in [0.29, 0.717) is 6.04 Å². The van der Waals surface area contributed by atoms with Crippen LogP contribution in [0.15, 0.2) is 4.47 Å². The molecule has 0 spiro atoms. The summed E-state index contributed by atoms with van der Waals surface area (Å²) in [6.07, 6.45) is 2.19. The van der Waals surface area contributed by atoms with Crippen LogP contribution in [0.2, 0.25) is 0 Å². The van der Waals surface area contributed by atoms with Crippen molar-refractivity contribution in [1.82, 2.24) is 20.0 Å². The molecule has 116 valence electrons. The molecule has 0 aliphatic heterocycles. The second kappa shape index (κ2) is 8.80. The quantitative estimate of drug-likeness (QED) is 0.747. The Morgan fingerprint density at radius 1 is 1.30 bits per heavy atom. The summed E-state index contributed by atoms with van der Waals surface area (Å²) in [6, 6.07) is 0.506. The summed E-state index contributed by atoms with van der Waals surface area (Å²) in [5.41, 5.74) is 2.36. The molecule has 0 bridgehead atoms. The molecule has 0 fully saturated rings. The van der Waals surface area contributed by atoms with E-state index in [2.05, 4.69) is 52.0 Å². The number of nitrogens with one attached hydrogen (secondary N) is 1. The molecule has 20 heavy (non-hydrogen) atoms. The predicted octanol–water partition coefficient (Wildman–Crippen LogP) is 2.74. The van der Waals surface area contributed by atoms with Gasteiger partial charge in [-0.15, -0.1) is 0 Å². The Kier molecular flexibility index (Phi) is 7.77. The van der Waals surface area contributed by atoms with Gasteiger partial charge in [-0.1, -0.05) is 20.8 Å². The average molecular weight is 345 g/mol. The Morgan fingerprint density at radius 2 is 1.95 bits per heavy atom. The Morgan fingerprint density at radius 3 is 2.40 bits per heavy atom. The molecular formula is C15H29BrN4. The van der Waals surface area contributed by atoms with Crippen LogP contribution in [-0.2, 0) is 13.5 Å². The van der Waals surface area contributed by atoms with Crippen molar-refractivity contribution < 1.29 is 0 Å². The Balaban J connectivity index is 2.66. The molecule has 1 atom stereocenters. The molecule has 0 amide bonds. The molecule has 1 rings (SSSR count). The Labute approximate surface area is 132 Å². The van der Waals surface area contributed by atoms with Gasteiger partial charge in [0.05, 0.1) is 15.9 Å². The second-order valence-electron chi connectivity index (χ2n) is 5.24. The zero-order valence-corrected chi connectivity index (χ0v) is 15.1. The maximum absolute atomic E-state index is 4.48. The smallest absolute Gasteiger partial charge is 0.0738 e. The standard InChI is InChI=1S/C15H29BrN4/c1-6-17-13(9-10-20(7-2)8-3)11-14-15(16)12(4)18-19(14)5/h13,17H,6-11H2,1-5H3. The van der Waals surface area contributed by atoms with E-state index in [4.69, 9.17) is 0 Å². The lowest BCUT2D eigenvalue weighted by Crippen LogP contribution is -2.36. The number of hydrogen-bond donors (Lipinski definition) is 1. The van der Waals surface area contributed by atoms with Gasteiger partial charge in [-0.25, -0.2) is 0 Å². The highest BCUT2D eigenvalue weighted by atomic mass is 79.9. The lowest BCUT2D eigenvalue weighted by Gasteiger charge is -2.23. The van der Waals surface area contributed by atoms with Crippen LogP contribution >= 0.6 is 15.9 Å². The first-order chi connectivity index (χ1) is 9.53. The summed E-state index contributed by atoms with van der Waals surface area (Å²) in [7, 11) is 2.03. The lowest BCUT2D eigenvalue weighted by molar-refractivity contribution is 0.280. The fraction of sp³-hybridized carbons (Fsp3) is 0.800. The topological polar surface area (TPSA) is 33.1 Å². The van der Waals surface area contributed by atoms with Crippen LogP contribution in [0.3, 0.4) is 0 Å². The van der Waals surface area contributed by atoms with Crippen LogP contribution in [0.25, 0.3) is 0 Å². The molecule has 1 heterocycles. The number of rotatable bonds is 9. The van der Waals surface area contributed by atoms with Crippen molar-refractivity contribution in [3.05, 3.63) is 15.9 Å². The molecule has 0 aliphatic rings. The molecule has 0 saturated carbocycles. The van der Waals surface area contributed by atoms with Gasteiger partial charge in [0.25, 0.3) is 0 Å². The summed E-state index contributed by atoms with van der Waals surface area (Å²) >= 11 is 3.67. The highest BCUT2D eigenvalue weighted by molar-refractivity contribution is 9.10. The molecular weight excluding hydrogens is 316 g/mol. The third-order valence-electron chi connectivity index (χ3n) is 3.88. The fourth-order valence-electron chi connectivity index (χ4n) is 2.58. The van der Waals surface area contributed by atoms with E-state index >= 15 is 0 Å². The average Bonchev–Trinajstić information content (AvgIpc) is 2.66. The van der Waals surface area contributed by atoms with E-state index in [1.807, 2.05) is 18.7 Å². The van der Waals surface area contributed by atoms with E-state index < -0.39 is 0 Å². The SMILES string of the molecule is CCNC(CCN(CC)CC)Cc1c(Br)c(C)nn1C. The molecule has 1 aromatic heterocycles. The maximum Gasteiger partial charge on any atom is 0.0738 e. The largest absolute Gasteiger partial charge is 0.314 e. The van der Waals surface area contributed by atoms with Crippen molar-refractivity contribution in [2.75, 3.05) is 26.2 Å². The van der Waals surface area contributed by atoms with Gasteiger partial charge in [0.15, 0.2) is 0 Å². The zero-order chi connectivity index (χ0) is 15.1. The van der Waals surface area contributed by atoms with Gasteiger partial charge in [-0.3, -0.25) is 4.68 Å². The molecule has 1 aromatic rings. The first kappa shape index (κ1) is 17.7. The Hall–Kier alpha value is -0.390. The molecule has 1 unspecified atom stereocenters. The number of nitrogens with zero attached hydrogens (tertiary/aromatic N) is 3. The minimum Gasteiger partial charge on any atom is -0.314 e. The van der Waals surface area contributed by atoms with Gasteiger partial charge in [-0.2, -0.15) is 5.10 Å². The lowest BCUT2D eigenvalue weighted by atomic mass is 10.1. The van der Waals surface area contributed by atoms with Crippen molar-refractivity contribution in [2.45, 2.75) is 46.6 Å². The van der Waals surface area contributed by atoms with Crippen LogP contribution in [0.4, 0.5) is 0 Å². The normalized spacial score (nSPS) is 13.2. The van der Waals surface area contributed by atoms with Crippen LogP contribution in [-0.4, -0.2) is 46.9 Å². The molecule has 5 heteroatoms. The highest BCUT2D eigenvalue weighted by Crippen LogP contribution is 2.22. The van der Waals surface area contributed by atoms with E-state index in [0.717, 1.165) is 42.8 Å². The molecule has 0 aliphatic carbocycles. The van der Waals surface area contributed by atoms with Crippen LogP contribution in [0.5, 0.6) is 0 Å². The minimum atomic E-state index is 0.506. The van der Waals surface area contributed by atoms with Gasteiger partial charge in [0.2, 0.25) is 0 Å². The Bertz CT molecular complexity index is 399. The zero-order valence-electron chi connectivity index (χ0n) is 13.5. The summed E-state index contributed by atoms with van der Waals surface area (Å²) in [5, 5.41) is 8.09. The minimum absolute atomic E-state index is 0.506. The van der Waals surface area contributed by atoms with Crippen molar-refractivity contribution in [3.8, 4) is 0 Å². The number of aromatic nitrogens is 2. The fourth-order valence-corrected chi connectivity index (χ4v) is 3.08.